The molecule has 0 unspecified atom stereocenters. The Morgan fingerprint density at radius 2 is 2.00 bits per heavy atom. The summed E-state index contributed by atoms with van der Waals surface area (Å²) < 4.78 is 5.33. The van der Waals surface area contributed by atoms with Crippen molar-refractivity contribution < 1.29 is 4.42 Å². The second-order valence-corrected chi connectivity index (χ2v) is 3.96. The van der Waals surface area contributed by atoms with Gasteiger partial charge in [0.25, 0.3) is 0 Å². The predicted octanol–water partition coefficient (Wildman–Crippen LogP) is 2.15. The molecular weight excluding hydrogens is 204 g/mol. The monoisotopic (exact) mass is 218 g/mol. The van der Waals surface area contributed by atoms with Crippen LogP contribution in [0.5, 0.6) is 0 Å². The van der Waals surface area contributed by atoms with E-state index in [-0.39, 0.29) is 11.9 Å². The lowest BCUT2D eigenvalue weighted by atomic mass is 10.2. The van der Waals surface area contributed by atoms with E-state index in [0.717, 1.165) is 5.56 Å². The summed E-state index contributed by atoms with van der Waals surface area (Å²) in [5.74, 6) is 2.26. The Hall–Kier alpha value is -1.91. The van der Waals surface area contributed by atoms with E-state index >= 15 is 0 Å². The predicted molar refractivity (Wildman–Crippen MR) is 60.8 cm³/mol. The van der Waals surface area contributed by atoms with Crippen LogP contribution in [-0.4, -0.2) is 15.0 Å². The Labute approximate surface area is 93.7 Å². The molecule has 0 fully saturated rings. The maximum absolute atomic E-state index is 5.65. The molecular formula is C11H14N4O. The van der Waals surface area contributed by atoms with Crippen LogP contribution in [-0.2, 0) is 0 Å². The quantitative estimate of drug-likeness (QED) is 0.835. The minimum absolute atomic E-state index is 0.208. The Morgan fingerprint density at radius 1 is 1.25 bits per heavy atom. The van der Waals surface area contributed by atoms with Crippen molar-refractivity contribution in [2.24, 2.45) is 0 Å². The molecule has 2 aromatic heterocycles. The number of furan rings is 1. The summed E-state index contributed by atoms with van der Waals surface area (Å²) in [6.07, 6.45) is 1.61. The summed E-state index contributed by atoms with van der Waals surface area (Å²) in [6.45, 7) is 5.95. The third-order valence-electron chi connectivity index (χ3n) is 2.25. The molecule has 84 valence electrons. The summed E-state index contributed by atoms with van der Waals surface area (Å²) in [6, 6.07) is 1.87. The Kier molecular flexibility index (Phi) is 2.60. The molecule has 0 aromatic carbocycles. The van der Waals surface area contributed by atoms with E-state index in [1.807, 2.05) is 26.8 Å². The lowest BCUT2D eigenvalue weighted by Crippen LogP contribution is -2.06. The minimum atomic E-state index is 0.208. The molecule has 2 heterocycles. The van der Waals surface area contributed by atoms with Crippen molar-refractivity contribution in [3.8, 4) is 11.6 Å². The standard InChI is InChI=1S/C11H14N4O/c1-6(2)9-13-10(15-11(12)14-9)8-7(3)4-5-16-8/h4-6H,1-3H3,(H2,12,13,14,15). The maximum atomic E-state index is 5.65. The van der Waals surface area contributed by atoms with Gasteiger partial charge in [-0.3, -0.25) is 0 Å². The van der Waals surface area contributed by atoms with Gasteiger partial charge in [0.05, 0.1) is 6.26 Å². The summed E-state index contributed by atoms with van der Waals surface area (Å²) in [5, 5.41) is 0. The van der Waals surface area contributed by atoms with E-state index in [1.54, 1.807) is 6.26 Å². The van der Waals surface area contributed by atoms with Crippen LogP contribution in [0.1, 0.15) is 31.2 Å². The first-order valence-corrected chi connectivity index (χ1v) is 5.14. The second kappa shape index (κ2) is 3.92. The van der Waals surface area contributed by atoms with E-state index < -0.39 is 0 Å². The molecule has 2 aromatic rings. The van der Waals surface area contributed by atoms with Crippen LogP contribution in [0.3, 0.4) is 0 Å². The normalized spacial score (nSPS) is 11.0. The summed E-state index contributed by atoms with van der Waals surface area (Å²) in [4.78, 5) is 12.5. The van der Waals surface area contributed by atoms with Gasteiger partial charge in [-0.2, -0.15) is 9.97 Å². The van der Waals surface area contributed by atoms with Crippen molar-refractivity contribution in [2.75, 3.05) is 5.73 Å². The van der Waals surface area contributed by atoms with Gasteiger partial charge in [0.2, 0.25) is 11.8 Å². The summed E-state index contributed by atoms with van der Waals surface area (Å²) >= 11 is 0. The molecule has 0 aliphatic heterocycles. The first-order chi connectivity index (χ1) is 7.58. The maximum Gasteiger partial charge on any atom is 0.223 e. The lowest BCUT2D eigenvalue weighted by molar-refractivity contribution is 0.573. The van der Waals surface area contributed by atoms with E-state index in [4.69, 9.17) is 10.2 Å². The Balaban J connectivity index is 2.54. The highest BCUT2D eigenvalue weighted by Crippen LogP contribution is 2.22. The van der Waals surface area contributed by atoms with Crippen LogP contribution >= 0.6 is 0 Å². The van der Waals surface area contributed by atoms with Crippen molar-refractivity contribution in [3.63, 3.8) is 0 Å². The van der Waals surface area contributed by atoms with Crippen molar-refractivity contribution >= 4 is 5.95 Å². The molecule has 5 heteroatoms. The zero-order valence-corrected chi connectivity index (χ0v) is 9.56. The Bertz CT molecular complexity index is 504. The lowest BCUT2D eigenvalue weighted by Gasteiger charge is -2.05. The zero-order valence-electron chi connectivity index (χ0n) is 9.56. The Morgan fingerprint density at radius 3 is 2.56 bits per heavy atom. The van der Waals surface area contributed by atoms with Gasteiger partial charge in [-0.15, -0.1) is 0 Å². The van der Waals surface area contributed by atoms with Gasteiger partial charge in [-0.1, -0.05) is 13.8 Å². The highest BCUT2D eigenvalue weighted by molar-refractivity contribution is 5.53. The fourth-order valence-corrected chi connectivity index (χ4v) is 1.37. The molecule has 0 aliphatic rings. The smallest absolute Gasteiger partial charge is 0.223 e. The molecule has 16 heavy (non-hydrogen) atoms. The molecule has 0 saturated carbocycles. The van der Waals surface area contributed by atoms with E-state index in [0.29, 0.717) is 17.4 Å². The molecule has 0 saturated heterocycles. The molecule has 0 bridgehead atoms. The number of hydrogen-bond acceptors (Lipinski definition) is 5. The van der Waals surface area contributed by atoms with Gasteiger partial charge >= 0.3 is 0 Å². The molecule has 0 amide bonds. The molecule has 0 spiro atoms. The summed E-state index contributed by atoms with van der Waals surface area (Å²) in [5.41, 5.74) is 6.64. The average molecular weight is 218 g/mol. The molecule has 0 radical (unpaired) electrons. The third kappa shape index (κ3) is 1.88. The number of nitrogens with two attached hydrogens (primary N) is 1. The SMILES string of the molecule is Cc1ccoc1-c1nc(N)nc(C(C)C)n1. The van der Waals surface area contributed by atoms with Gasteiger partial charge in [0.15, 0.2) is 5.76 Å². The van der Waals surface area contributed by atoms with Crippen molar-refractivity contribution in [1.29, 1.82) is 0 Å². The topological polar surface area (TPSA) is 77.8 Å². The number of nitrogen functional groups attached to an aromatic ring is 1. The fraction of sp³-hybridized carbons (Fsp3) is 0.364. The van der Waals surface area contributed by atoms with Gasteiger partial charge in [-0.05, 0) is 18.6 Å². The largest absolute Gasteiger partial charge is 0.461 e. The molecule has 2 N–H and O–H groups in total. The van der Waals surface area contributed by atoms with Crippen molar-refractivity contribution in [1.82, 2.24) is 15.0 Å². The van der Waals surface area contributed by atoms with Crippen molar-refractivity contribution in [2.45, 2.75) is 26.7 Å². The highest BCUT2D eigenvalue weighted by Gasteiger charge is 2.13. The van der Waals surface area contributed by atoms with Crippen molar-refractivity contribution in [3.05, 3.63) is 23.7 Å². The van der Waals surface area contributed by atoms with Gasteiger partial charge in [0, 0.05) is 5.92 Å². The van der Waals surface area contributed by atoms with E-state index in [9.17, 15) is 0 Å². The van der Waals surface area contributed by atoms with Gasteiger partial charge in [0.1, 0.15) is 5.82 Å². The number of aryl methyl sites for hydroxylation is 1. The minimum Gasteiger partial charge on any atom is -0.461 e. The average Bonchev–Trinajstić information content (AvgIpc) is 2.63. The third-order valence-corrected chi connectivity index (χ3v) is 2.25. The number of rotatable bonds is 2. The molecule has 0 atom stereocenters. The molecule has 5 nitrogen and oxygen atoms in total. The van der Waals surface area contributed by atoms with Crippen LogP contribution < -0.4 is 5.73 Å². The second-order valence-electron chi connectivity index (χ2n) is 3.96. The van der Waals surface area contributed by atoms with Crippen LogP contribution in [0.4, 0.5) is 5.95 Å². The number of aromatic nitrogens is 3. The van der Waals surface area contributed by atoms with Crippen LogP contribution in [0.25, 0.3) is 11.6 Å². The van der Waals surface area contributed by atoms with Crippen LogP contribution in [0, 0.1) is 6.92 Å². The van der Waals surface area contributed by atoms with E-state index in [2.05, 4.69) is 15.0 Å². The van der Waals surface area contributed by atoms with Gasteiger partial charge in [-0.25, -0.2) is 4.98 Å². The molecule has 2 rings (SSSR count). The summed E-state index contributed by atoms with van der Waals surface area (Å²) in [7, 11) is 0. The van der Waals surface area contributed by atoms with Crippen LogP contribution in [0.15, 0.2) is 16.7 Å². The number of nitrogens with zero attached hydrogens (tertiary/aromatic N) is 3. The number of anilines is 1. The van der Waals surface area contributed by atoms with Crippen LogP contribution in [0.2, 0.25) is 0 Å². The van der Waals surface area contributed by atoms with Gasteiger partial charge < -0.3 is 10.2 Å². The first-order valence-electron chi connectivity index (χ1n) is 5.14. The highest BCUT2D eigenvalue weighted by atomic mass is 16.3. The fourth-order valence-electron chi connectivity index (χ4n) is 1.37. The first kappa shape index (κ1) is 10.6. The van der Waals surface area contributed by atoms with E-state index in [1.165, 1.54) is 0 Å². The number of hydrogen-bond donors (Lipinski definition) is 1. The zero-order chi connectivity index (χ0) is 11.7. The molecule has 0 aliphatic carbocycles.